The number of nitrogens with zero attached hydrogens (tertiary/aromatic N) is 4. The van der Waals surface area contributed by atoms with Gasteiger partial charge in [0.25, 0.3) is 0 Å². The van der Waals surface area contributed by atoms with Gasteiger partial charge in [-0.2, -0.15) is 10.2 Å². The summed E-state index contributed by atoms with van der Waals surface area (Å²) in [4.78, 5) is 26.1. The van der Waals surface area contributed by atoms with Gasteiger partial charge in [-0.05, 0) is 68.2 Å². The molecule has 1 aromatic heterocycles. The Bertz CT molecular complexity index is 1280. The molecule has 0 aliphatic heterocycles. The molecule has 1 heterocycles. The van der Waals surface area contributed by atoms with Crippen molar-refractivity contribution in [2.24, 2.45) is 10.8 Å². The zero-order valence-corrected chi connectivity index (χ0v) is 21.1. The van der Waals surface area contributed by atoms with Crippen molar-refractivity contribution in [2.75, 3.05) is 14.1 Å². The van der Waals surface area contributed by atoms with Gasteiger partial charge in [-0.3, -0.25) is 14.3 Å². The van der Waals surface area contributed by atoms with Gasteiger partial charge < -0.3 is 20.8 Å². The van der Waals surface area contributed by atoms with Crippen LogP contribution in [0.5, 0.6) is 11.5 Å². The normalized spacial score (nSPS) is 17.6. The lowest BCUT2D eigenvalue weighted by Gasteiger charge is -2.34. The van der Waals surface area contributed by atoms with Gasteiger partial charge >= 0.3 is 0 Å². The van der Waals surface area contributed by atoms with Crippen molar-refractivity contribution < 1.29 is 14.3 Å². The van der Waals surface area contributed by atoms with Gasteiger partial charge in [0, 0.05) is 25.7 Å². The molecular formula is C28H32N6O3. The first-order valence-electron chi connectivity index (χ1n) is 12.3. The number of rotatable bonds is 9. The summed E-state index contributed by atoms with van der Waals surface area (Å²) < 4.78 is 7.68. The first-order chi connectivity index (χ1) is 18.0. The van der Waals surface area contributed by atoms with E-state index >= 15 is 0 Å². The van der Waals surface area contributed by atoms with Crippen molar-refractivity contribution in [3.63, 3.8) is 0 Å². The molecule has 37 heavy (non-hydrogen) atoms. The number of amidine groups is 1. The van der Waals surface area contributed by atoms with E-state index in [0.29, 0.717) is 22.7 Å². The Morgan fingerprint density at radius 2 is 1.78 bits per heavy atom. The summed E-state index contributed by atoms with van der Waals surface area (Å²) in [6, 6.07) is 17.2. The van der Waals surface area contributed by atoms with Crippen LogP contribution in [-0.4, -0.2) is 52.8 Å². The number of hydrazone groups is 1. The molecule has 1 aliphatic rings. The molecule has 1 fully saturated rings. The van der Waals surface area contributed by atoms with Gasteiger partial charge in [0.15, 0.2) is 12.1 Å². The molecule has 0 spiro atoms. The number of para-hydroxylation sites is 1. The molecule has 1 saturated carbocycles. The SMILES string of the molecule is C=CC(=O)N(C)C1CCC(n2nc(-c3ccc(Oc4ccccc4)cc3)c(/C(N)=N\NC)c2C=O)CC1. The van der Waals surface area contributed by atoms with E-state index in [2.05, 4.69) is 17.1 Å². The summed E-state index contributed by atoms with van der Waals surface area (Å²) >= 11 is 0. The Labute approximate surface area is 216 Å². The molecule has 1 amide bonds. The van der Waals surface area contributed by atoms with Crippen molar-refractivity contribution in [3.8, 4) is 22.8 Å². The third-order valence-corrected chi connectivity index (χ3v) is 6.74. The largest absolute Gasteiger partial charge is 0.457 e. The number of carbonyl (C=O) groups is 2. The van der Waals surface area contributed by atoms with Crippen LogP contribution in [0.15, 0.2) is 72.4 Å². The monoisotopic (exact) mass is 500 g/mol. The second kappa shape index (κ2) is 11.6. The number of nitrogens with two attached hydrogens (primary N) is 1. The molecular weight excluding hydrogens is 468 g/mol. The maximum atomic E-state index is 12.3. The summed E-state index contributed by atoms with van der Waals surface area (Å²) in [6.45, 7) is 3.58. The highest BCUT2D eigenvalue weighted by Gasteiger charge is 2.31. The van der Waals surface area contributed by atoms with E-state index in [4.69, 9.17) is 15.6 Å². The number of aldehydes is 1. The highest BCUT2D eigenvalue weighted by Crippen LogP contribution is 2.35. The van der Waals surface area contributed by atoms with Crippen molar-refractivity contribution in [3.05, 3.63) is 78.5 Å². The molecule has 192 valence electrons. The lowest BCUT2D eigenvalue weighted by Crippen LogP contribution is -2.39. The molecule has 0 atom stereocenters. The average Bonchev–Trinajstić information content (AvgIpc) is 3.33. The van der Waals surface area contributed by atoms with Gasteiger partial charge in [0.05, 0.1) is 11.6 Å². The number of carbonyl (C=O) groups excluding carboxylic acids is 2. The van der Waals surface area contributed by atoms with Crippen LogP contribution in [0, 0.1) is 0 Å². The van der Waals surface area contributed by atoms with E-state index in [9.17, 15) is 9.59 Å². The third kappa shape index (κ3) is 5.55. The zero-order chi connectivity index (χ0) is 26.4. The fourth-order valence-corrected chi connectivity index (χ4v) is 4.79. The van der Waals surface area contributed by atoms with Gasteiger partial charge in [0.2, 0.25) is 5.91 Å². The number of likely N-dealkylation sites (N-methyl/N-ethyl adjacent to an activating group) is 1. The van der Waals surface area contributed by atoms with Gasteiger partial charge in [-0.1, -0.05) is 24.8 Å². The summed E-state index contributed by atoms with van der Waals surface area (Å²) in [5.74, 6) is 1.52. The van der Waals surface area contributed by atoms with E-state index in [-0.39, 0.29) is 23.8 Å². The predicted octanol–water partition coefficient (Wildman–Crippen LogP) is 4.12. The highest BCUT2D eigenvalue weighted by atomic mass is 16.5. The molecule has 9 nitrogen and oxygen atoms in total. The van der Waals surface area contributed by atoms with E-state index in [1.807, 2.05) is 54.6 Å². The van der Waals surface area contributed by atoms with Crippen LogP contribution in [0.3, 0.4) is 0 Å². The van der Waals surface area contributed by atoms with Crippen molar-refractivity contribution in [1.29, 1.82) is 0 Å². The minimum atomic E-state index is -0.0866. The summed E-state index contributed by atoms with van der Waals surface area (Å²) in [5, 5.41) is 9.01. The van der Waals surface area contributed by atoms with Gasteiger partial charge in [-0.15, -0.1) is 0 Å². The van der Waals surface area contributed by atoms with Crippen LogP contribution >= 0.6 is 0 Å². The molecule has 3 N–H and O–H groups in total. The molecule has 0 unspecified atom stereocenters. The molecule has 0 bridgehead atoms. The quantitative estimate of drug-likeness (QED) is 0.150. The molecule has 1 aliphatic carbocycles. The first kappa shape index (κ1) is 25.7. The minimum Gasteiger partial charge on any atom is -0.457 e. The van der Waals surface area contributed by atoms with Crippen LogP contribution < -0.4 is 15.9 Å². The van der Waals surface area contributed by atoms with Gasteiger partial charge in [0.1, 0.15) is 22.9 Å². The Kier molecular flexibility index (Phi) is 8.02. The number of benzene rings is 2. The van der Waals surface area contributed by atoms with Gasteiger partial charge in [-0.25, -0.2) is 0 Å². The zero-order valence-electron chi connectivity index (χ0n) is 21.1. The number of nitrogens with one attached hydrogen (secondary N) is 1. The Morgan fingerprint density at radius 3 is 2.38 bits per heavy atom. The molecule has 0 saturated heterocycles. The van der Waals surface area contributed by atoms with E-state index in [1.165, 1.54) is 6.08 Å². The highest BCUT2D eigenvalue weighted by molar-refractivity contribution is 6.07. The molecule has 0 radical (unpaired) electrons. The second-order valence-electron chi connectivity index (χ2n) is 8.95. The lowest BCUT2D eigenvalue weighted by molar-refractivity contribution is -0.127. The van der Waals surface area contributed by atoms with Crippen LogP contribution in [0.2, 0.25) is 0 Å². The van der Waals surface area contributed by atoms with Crippen LogP contribution in [0.25, 0.3) is 11.3 Å². The lowest BCUT2D eigenvalue weighted by atomic mass is 9.90. The standard InChI is InChI=1S/C28H32N6O3/c1-4-25(36)33(3)20-12-14-21(15-13-20)34-24(18-35)26(28(29)31-30-2)27(32-34)19-10-16-23(17-11-19)37-22-8-6-5-7-9-22/h4-11,16-18,20-21,30H,1,12-15H2,2-3H3,(H2,29,31). The number of amides is 1. The molecule has 3 aromatic rings. The van der Waals surface area contributed by atoms with E-state index in [0.717, 1.165) is 43.3 Å². The first-order valence-corrected chi connectivity index (χ1v) is 12.3. The maximum Gasteiger partial charge on any atom is 0.245 e. The van der Waals surface area contributed by atoms with Crippen LogP contribution in [0.1, 0.15) is 47.8 Å². The fourth-order valence-electron chi connectivity index (χ4n) is 4.79. The minimum absolute atomic E-state index is 0.000689. The van der Waals surface area contributed by atoms with Crippen molar-refractivity contribution >= 4 is 18.0 Å². The van der Waals surface area contributed by atoms with E-state index in [1.54, 1.807) is 23.7 Å². The number of hydrogen-bond donors (Lipinski definition) is 2. The number of ether oxygens (including phenoxy) is 1. The average molecular weight is 501 g/mol. The number of hydrogen-bond acceptors (Lipinski definition) is 6. The summed E-state index contributed by atoms with van der Waals surface area (Å²) in [5.41, 5.74) is 11.2. The molecule has 9 heteroatoms. The Hall–Kier alpha value is -4.40. The van der Waals surface area contributed by atoms with Crippen molar-refractivity contribution in [1.82, 2.24) is 20.1 Å². The molecule has 4 rings (SSSR count). The van der Waals surface area contributed by atoms with Crippen LogP contribution in [-0.2, 0) is 4.79 Å². The maximum absolute atomic E-state index is 12.3. The number of aromatic nitrogens is 2. The molecule has 2 aromatic carbocycles. The Balaban J connectivity index is 1.64. The fraction of sp³-hybridized carbons (Fsp3) is 0.286. The smallest absolute Gasteiger partial charge is 0.245 e. The Morgan fingerprint density at radius 1 is 1.14 bits per heavy atom. The predicted molar refractivity (Wildman–Crippen MR) is 144 cm³/mol. The topological polar surface area (TPSA) is 115 Å². The second-order valence-corrected chi connectivity index (χ2v) is 8.95. The third-order valence-electron chi connectivity index (χ3n) is 6.74. The van der Waals surface area contributed by atoms with Crippen molar-refractivity contribution in [2.45, 2.75) is 37.8 Å². The summed E-state index contributed by atoms with van der Waals surface area (Å²) in [7, 11) is 3.45. The summed E-state index contributed by atoms with van der Waals surface area (Å²) in [6.07, 6.45) is 5.27. The van der Waals surface area contributed by atoms with E-state index < -0.39 is 0 Å². The van der Waals surface area contributed by atoms with Crippen LogP contribution in [0.4, 0.5) is 0 Å².